The third kappa shape index (κ3) is 7.90. The van der Waals surface area contributed by atoms with Crippen molar-refractivity contribution in [1.82, 2.24) is 0 Å². The molecule has 0 aromatic carbocycles. The fourth-order valence-corrected chi connectivity index (χ4v) is 5.95. The fraction of sp³-hybridized carbons (Fsp3) is 0.762. The van der Waals surface area contributed by atoms with Gasteiger partial charge in [0, 0.05) is 12.3 Å². The highest BCUT2D eigenvalue weighted by Gasteiger charge is 2.36. The van der Waals surface area contributed by atoms with Gasteiger partial charge in [0.1, 0.15) is 11.4 Å². The van der Waals surface area contributed by atoms with Gasteiger partial charge < -0.3 is 9.53 Å². The van der Waals surface area contributed by atoms with Crippen LogP contribution in [0.15, 0.2) is 11.6 Å². The number of hydrogen-bond donors (Lipinski definition) is 1. The molecule has 0 unspecified atom stereocenters. The maximum atomic E-state index is 11.8. The third-order valence-electron chi connectivity index (χ3n) is 5.33. The van der Waals surface area contributed by atoms with Crippen LogP contribution in [-0.2, 0) is 9.22 Å². The molecule has 0 aliphatic rings. The number of carbonyl (C=O) groups is 1. The van der Waals surface area contributed by atoms with E-state index in [4.69, 9.17) is 10.8 Å². The van der Waals surface area contributed by atoms with Crippen molar-refractivity contribution in [2.75, 3.05) is 0 Å². The Hall–Kier alpha value is -0.893. The van der Waals surface area contributed by atoms with Gasteiger partial charge in [0.05, 0.1) is 6.10 Å². The standard InChI is InChI=1S/C21H38O3Si/c1-9-21(8,24-25(10-2,11-3)12-4)15-13-14-18(7)20(23)16-19(22)17(5)6/h1,14,17,20,23H,10-13,15-16H2,2-8H3/b18-14+/t20-,21-/m1/s1. The van der Waals surface area contributed by atoms with E-state index in [1.165, 1.54) is 0 Å². The highest BCUT2D eigenvalue weighted by Crippen LogP contribution is 2.30. The second kappa shape index (κ2) is 11.0. The predicted octanol–water partition coefficient (Wildman–Crippen LogP) is 5.10. The first-order valence-corrected chi connectivity index (χ1v) is 12.2. The number of terminal acetylenes is 1. The van der Waals surface area contributed by atoms with Gasteiger partial charge in [0.25, 0.3) is 0 Å². The Kier molecular flexibility index (Phi) is 10.6. The molecule has 0 amide bonds. The first-order chi connectivity index (χ1) is 11.6. The van der Waals surface area contributed by atoms with Crippen molar-refractivity contribution < 1.29 is 14.3 Å². The van der Waals surface area contributed by atoms with Crippen molar-refractivity contribution in [1.29, 1.82) is 0 Å². The van der Waals surface area contributed by atoms with Crippen LogP contribution in [0, 0.1) is 18.3 Å². The molecule has 0 saturated heterocycles. The van der Waals surface area contributed by atoms with Gasteiger partial charge in [-0.15, -0.1) is 6.42 Å². The van der Waals surface area contributed by atoms with E-state index in [1.807, 2.05) is 33.8 Å². The van der Waals surface area contributed by atoms with E-state index in [0.717, 1.165) is 36.5 Å². The van der Waals surface area contributed by atoms with Gasteiger partial charge in [-0.1, -0.05) is 46.6 Å². The molecule has 0 aliphatic carbocycles. The molecule has 144 valence electrons. The monoisotopic (exact) mass is 366 g/mol. The SMILES string of the molecule is C#C[C@](C)(CC/C=C(\C)[C@H](O)CC(=O)C(C)C)O[Si](CC)(CC)CC. The van der Waals surface area contributed by atoms with Crippen LogP contribution in [0.25, 0.3) is 0 Å². The smallest absolute Gasteiger partial charge is 0.194 e. The molecule has 0 heterocycles. The van der Waals surface area contributed by atoms with Crippen molar-refractivity contribution in [2.24, 2.45) is 5.92 Å². The number of rotatable bonds is 12. The van der Waals surface area contributed by atoms with Gasteiger partial charge in [-0.05, 0) is 50.4 Å². The molecule has 0 fully saturated rings. The molecule has 25 heavy (non-hydrogen) atoms. The molecule has 0 aromatic rings. The lowest BCUT2D eigenvalue weighted by molar-refractivity contribution is -0.123. The molecule has 0 aromatic heterocycles. The molecular formula is C21H38O3Si. The summed E-state index contributed by atoms with van der Waals surface area (Å²) in [7, 11) is -1.76. The lowest BCUT2D eigenvalue weighted by atomic mass is 9.96. The fourth-order valence-electron chi connectivity index (χ4n) is 2.90. The topological polar surface area (TPSA) is 46.5 Å². The molecule has 1 N–H and O–H groups in total. The van der Waals surface area contributed by atoms with E-state index in [9.17, 15) is 9.90 Å². The Morgan fingerprint density at radius 2 is 1.80 bits per heavy atom. The van der Waals surface area contributed by atoms with Crippen molar-refractivity contribution in [3.63, 3.8) is 0 Å². The zero-order valence-electron chi connectivity index (χ0n) is 17.3. The number of allylic oxidation sites excluding steroid dienone is 1. The summed E-state index contributed by atoms with van der Waals surface area (Å²) in [5.41, 5.74) is 0.266. The summed E-state index contributed by atoms with van der Waals surface area (Å²) in [6.45, 7) is 14.2. The molecule has 0 bridgehead atoms. The molecule has 0 radical (unpaired) electrons. The number of aliphatic hydroxyl groups is 1. The molecule has 0 spiro atoms. The van der Waals surface area contributed by atoms with Crippen LogP contribution in [0.1, 0.15) is 67.7 Å². The highest BCUT2D eigenvalue weighted by molar-refractivity contribution is 6.73. The van der Waals surface area contributed by atoms with E-state index in [0.29, 0.717) is 0 Å². The molecule has 4 heteroatoms. The van der Waals surface area contributed by atoms with Crippen LogP contribution in [0.4, 0.5) is 0 Å². The third-order valence-corrected chi connectivity index (χ3v) is 10.1. The quantitative estimate of drug-likeness (QED) is 0.297. The average molecular weight is 367 g/mol. The van der Waals surface area contributed by atoms with Crippen LogP contribution in [0.5, 0.6) is 0 Å². The predicted molar refractivity (Wildman–Crippen MR) is 109 cm³/mol. The average Bonchev–Trinajstić information content (AvgIpc) is 2.59. The van der Waals surface area contributed by atoms with Crippen molar-refractivity contribution in [3.8, 4) is 12.3 Å². The van der Waals surface area contributed by atoms with Gasteiger partial charge in [-0.25, -0.2) is 0 Å². The number of carbonyl (C=O) groups excluding carboxylic acids is 1. The number of aliphatic hydroxyl groups excluding tert-OH is 1. The van der Waals surface area contributed by atoms with E-state index in [1.54, 1.807) is 0 Å². The molecule has 0 aliphatic heterocycles. The Morgan fingerprint density at radius 1 is 1.28 bits per heavy atom. The van der Waals surface area contributed by atoms with Gasteiger partial charge in [0.2, 0.25) is 0 Å². The summed E-state index contributed by atoms with van der Waals surface area (Å²) >= 11 is 0. The van der Waals surface area contributed by atoms with E-state index < -0.39 is 20.0 Å². The zero-order valence-corrected chi connectivity index (χ0v) is 18.3. The Morgan fingerprint density at radius 3 is 2.20 bits per heavy atom. The van der Waals surface area contributed by atoms with Gasteiger partial charge in [-0.3, -0.25) is 4.79 Å². The van der Waals surface area contributed by atoms with Crippen LogP contribution in [-0.4, -0.2) is 30.9 Å². The minimum absolute atomic E-state index is 0.0456. The van der Waals surface area contributed by atoms with Crippen LogP contribution in [0.3, 0.4) is 0 Å². The summed E-state index contributed by atoms with van der Waals surface area (Å²) in [4.78, 5) is 11.8. The maximum absolute atomic E-state index is 11.8. The second-order valence-electron chi connectivity index (χ2n) is 7.55. The Bertz CT molecular complexity index is 478. The molecular weight excluding hydrogens is 328 g/mol. The molecule has 2 atom stereocenters. The van der Waals surface area contributed by atoms with Crippen LogP contribution < -0.4 is 0 Å². The summed E-state index contributed by atoms with van der Waals surface area (Å²) in [6.07, 6.45) is 8.71. The largest absolute Gasteiger partial charge is 0.401 e. The molecule has 3 nitrogen and oxygen atoms in total. The number of Topliss-reactive ketones (excluding diaryl/α,β-unsaturated/α-hetero) is 1. The summed E-state index contributed by atoms with van der Waals surface area (Å²) in [6, 6.07) is 3.21. The first-order valence-electron chi connectivity index (χ1n) is 9.64. The first kappa shape index (κ1) is 24.1. The normalized spacial score (nSPS) is 16.4. The summed E-state index contributed by atoms with van der Waals surface area (Å²) in [5, 5.41) is 10.2. The van der Waals surface area contributed by atoms with Crippen molar-refractivity contribution >= 4 is 14.1 Å². The summed E-state index contributed by atoms with van der Waals surface area (Å²) in [5.74, 6) is 2.89. The lowest BCUT2D eigenvalue weighted by Gasteiger charge is -2.37. The van der Waals surface area contributed by atoms with Crippen molar-refractivity contribution in [2.45, 2.75) is 97.6 Å². The van der Waals surface area contributed by atoms with E-state index >= 15 is 0 Å². The Balaban J connectivity index is 4.84. The van der Waals surface area contributed by atoms with Gasteiger partial charge in [0.15, 0.2) is 8.32 Å². The Labute approximate surface area is 156 Å². The zero-order chi connectivity index (χ0) is 19.7. The second-order valence-corrected chi connectivity index (χ2v) is 12.2. The minimum Gasteiger partial charge on any atom is -0.401 e. The minimum atomic E-state index is -1.76. The van der Waals surface area contributed by atoms with E-state index in [2.05, 4.69) is 26.7 Å². The van der Waals surface area contributed by atoms with Crippen LogP contribution >= 0.6 is 0 Å². The number of hydrogen-bond acceptors (Lipinski definition) is 3. The summed E-state index contributed by atoms with van der Waals surface area (Å²) < 4.78 is 6.52. The van der Waals surface area contributed by atoms with Crippen molar-refractivity contribution in [3.05, 3.63) is 11.6 Å². The van der Waals surface area contributed by atoms with Crippen LogP contribution in [0.2, 0.25) is 18.1 Å². The van der Waals surface area contributed by atoms with E-state index in [-0.39, 0.29) is 18.1 Å². The van der Waals surface area contributed by atoms with Gasteiger partial charge >= 0.3 is 0 Å². The lowest BCUT2D eigenvalue weighted by Crippen LogP contribution is -2.45. The van der Waals surface area contributed by atoms with Gasteiger partial charge in [-0.2, -0.15) is 0 Å². The molecule has 0 saturated carbocycles. The highest BCUT2D eigenvalue weighted by atomic mass is 28.4. The molecule has 0 rings (SSSR count). The number of ketones is 1. The maximum Gasteiger partial charge on any atom is 0.194 e.